The molecule has 0 aliphatic carbocycles. The van der Waals surface area contributed by atoms with Gasteiger partial charge in [0.2, 0.25) is 0 Å². The molecule has 0 aromatic heterocycles. The molecular weight excluding hydrogens is 398 g/mol. The smallest absolute Gasteiger partial charge is 0.270 e. The van der Waals surface area contributed by atoms with Crippen molar-refractivity contribution in [1.82, 2.24) is 0 Å². The largest absolute Gasteiger partial charge is 0.545 e. The molecule has 1 aliphatic heterocycles. The topological polar surface area (TPSA) is 78.9 Å². The number of carbonyl (C=O) groups is 2. The number of methoxy groups -OCH3 is 1. The summed E-state index contributed by atoms with van der Waals surface area (Å²) in [4.78, 5) is 25.5. The van der Waals surface area contributed by atoms with Crippen LogP contribution in [0.5, 0.6) is 11.5 Å². The second-order valence-electron chi connectivity index (χ2n) is 5.69. The molecule has 0 spiro atoms. The van der Waals surface area contributed by atoms with Gasteiger partial charge >= 0.3 is 0 Å². The van der Waals surface area contributed by atoms with Gasteiger partial charge < -0.3 is 19.4 Å². The lowest BCUT2D eigenvalue weighted by Crippen LogP contribution is -2.28. The molecule has 0 saturated carbocycles. The molecule has 0 radical (unpaired) electrons. The van der Waals surface area contributed by atoms with Crippen LogP contribution >= 0.6 is 24.0 Å². The van der Waals surface area contributed by atoms with E-state index < -0.39 is 5.97 Å². The van der Waals surface area contributed by atoms with Gasteiger partial charge in [-0.15, -0.1) is 0 Å². The average molecular weight is 414 g/mol. The van der Waals surface area contributed by atoms with E-state index in [0.717, 1.165) is 5.56 Å². The fourth-order valence-electron chi connectivity index (χ4n) is 2.64. The van der Waals surface area contributed by atoms with E-state index in [4.69, 9.17) is 21.7 Å². The predicted molar refractivity (Wildman–Crippen MR) is 111 cm³/mol. The van der Waals surface area contributed by atoms with Crippen LogP contribution in [0.15, 0.2) is 47.4 Å². The minimum absolute atomic E-state index is 0.0335. The minimum Gasteiger partial charge on any atom is -0.545 e. The summed E-state index contributed by atoms with van der Waals surface area (Å²) in [6.45, 7) is 2.41. The van der Waals surface area contributed by atoms with E-state index in [1.807, 2.05) is 13.0 Å². The van der Waals surface area contributed by atoms with Crippen molar-refractivity contribution in [2.75, 3.05) is 18.6 Å². The molecule has 1 fully saturated rings. The van der Waals surface area contributed by atoms with Gasteiger partial charge in [-0.05, 0) is 48.4 Å². The molecule has 8 heteroatoms. The Bertz CT molecular complexity index is 969. The Hall–Kier alpha value is -2.84. The van der Waals surface area contributed by atoms with E-state index in [-0.39, 0.29) is 11.5 Å². The van der Waals surface area contributed by atoms with Gasteiger partial charge in [0.05, 0.1) is 30.3 Å². The molecule has 0 N–H and O–H groups in total. The van der Waals surface area contributed by atoms with Crippen molar-refractivity contribution in [3.8, 4) is 11.5 Å². The van der Waals surface area contributed by atoms with E-state index in [9.17, 15) is 14.7 Å². The molecule has 0 atom stereocenters. The van der Waals surface area contributed by atoms with Gasteiger partial charge in [0.15, 0.2) is 15.8 Å². The number of carboxylic acids is 1. The molecule has 144 valence electrons. The Morgan fingerprint density at radius 1 is 1.21 bits per heavy atom. The zero-order valence-corrected chi connectivity index (χ0v) is 16.8. The SMILES string of the molecule is CCOc1ccc(/C=C2/SC(=S)N(c3ccc(C(=O)[O-])cc3)C2=O)cc1OC. The molecule has 3 rings (SSSR count). The number of nitrogens with zero attached hydrogens (tertiary/aromatic N) is 1. The van der Waals surface area contributed by atoms with Crippen molar-refractivity contribution in [3.05, 3.63) is 58.5 Å². The normalized spacial score (nSPS) is 15.2. The number of thiocarbonyl (C=S) groups is 1. The molecule has 28 heavy (non-hydrogen) atoms. The number of aromatic carboxylic acids is 1. The van der Waals surface area contributed by atoms with Gasteiger partial charge in [-0.1, -0.05) is 42.2 Å². The zero-order valence-electron chi connectivity index (χ0n) is 15.1. The summed E-state index contributed by atoms with van der Waals surface area (Å²) in [7, 11) is 1.55. The van der Waals surface area contributed by atoms with Crippen molar-refractivity contribution in [2.24, 2.45) is 0 Å². The van der Waals surface area contributed by atoms with Gasteiger partial charge in [0.25, 0.3) is 5.91 Å². The lowest BCUT2D eigenvalue weighted by molar-refractivity contribution is -0.255. The highest BCUT2D eigenvalue weighted by Crippen LogP contribution is 2.37. The van der Waals surface area contributed by atoms with Crippen LogP contribution in [0.3, 0.4) is 0 Å². The molecule has 2 aromatic carbocycles. The number of ether oxygens (including phenoxy) is 2. The quantitative estimate of drug-likeness (QED) is 0.531. The third-order valence-electron chi connectivity index (χ3n) is 3.94. The lowest BCUT2D eigenvalue weighted by Gasteiger charge is -2.15. The third-order valence-corrected chi connectivity index (χ3v) is 5.24. The number of rotatable bonds is 6. The molecule has 1 amide bonds. The summed E-state index contributed by atoms with van der Waals surface area (Å²) in [5.74, 6) is -0.350. The first kappa shape index (κ1) is 19.9. The van der Waals surface area contributed by atoms with Crippen LogP contribution in [-0.2, 0) is 4.79 Å². The van der Waals surface area contributed by atoms with Crippen LogP contribution in [0.2, 0.25) is 0 Å². The number of carbonyl (C=O) groups excluding carboxylic acids is 2. The van der Waals surface area contributed by atoms with Crippen LogP contribution in [0.25, 0.3) is 6.08 Å². The number of amides is 1. The van der Waals surface area contributed by atoms with Crippen molar-refractivity contribution in [1.29, 1.82) is 0 Å². The van der Waals surface area contributed by atoms with Gasteiger partial charge in [0.1, 0.15) is 0 Å². The van der Waals surface area contributed by atoms with Gasteiger partial charge in [0, 0.05) is 0 Å². The monoisotopic (exact) mass is 414 g/mol. The van der Waals surface area contributed by atoms with Crippen LogP contribution in [0, 0.1) is 0 Å². The maximum Gasteiger partial charge on any atom is 0.270 e. The predicted octanol–water partition coefficient (Wildman–Crippen LogP) is 2.86. The highest BCUT2D eigenvalue weighted by molar-refractivity contribution is 8.27. The van der Waals surface area contributed by atoms with E-state index in [2.05, 4.69) is 0 Å². The molecule has 1 saturated heterocycles. The molecule has 1 aliphatic rings. The van der Waals surface area contributed by atoms with Crippen LogP contribution in [0.4, 0.5) is 5.69 Å². The lowest BCUT2D eigenvalue weighted by atomic mass is 10.1. The fourth-order valence-corrected chi connectivity index (χ4v) is 3.94. The number of carboxylic acid groups (broad SMARTS) is 1. The van der Waals surface area contributed by atoms with Crippen LogP contribution < -0.4 is 19.5 Å². The van der Waals surface area contributed by atoms with E-state index in [0.29, 0.717) is 33.0 Å². The Kier molecular flexibility index (Phi) is 6.01. The first-order chi connectivity index (χ1) is 13.4. The minimum atomic E-state index is -1.28. The van der Waals surface area contributed by atoms with E-state index in [1.165, 1.54) is 40.9 Å². The summed E-state index contributed by atoms with van der Waals surface area (Å²) >= 11 is 6.51. The van der Waals surface area contributed by atoms with E-state index >= 15 is 0 Å². The Morgan fingerprint density at radius 3 is 2.54 bits per heavy atom. The fraction of sp³-hybridized carbons (Fsp3) is 0.150. The Balaban J connectivity index is 1.87. The highest BCUT2D eigenvalue weighted by Gasteiger charge is 2.33. The molecule has 2 aromatic rings. The van der Waals surface area contributed by atoms with Crippen molar-refractivity contribution < 1.29 is 24.2 Å². The van der Waals surface area contributed by atoms with Crippen LogP contribution in [0.1, 0.15) is 22.8 Å². The number of anilines is 1. The van der Waals surface area contributed by atoms with Crippen molar-refractivity contribution in [2.45, 2.75) is 6.92 Å². The average Bonchev–Trinajstić information content (AvgIpc) is 2.96. The van der Waals surface area contributed by atoms with Crippen molar-refractivity contribution in [3.63, 3.8) is 0 Å². The third kappa shape index (κ3) is 4.02. The summed E-state index contributed by atoms with van der Waals surface area (Å²) in [5, 5.41) is 10.9. The summed E-state index contributed by atoms with van der Waals surface area (Å²) in [6.07, 6.45) is 1.73. The standard InChI is InChI=1S/C20H17NO5S2/c1-3-26-15-9-4-12(10-16(15)25-2)11-17-18(22)21(20(27)28-17)14-7-5-13(6-8-14)19(23)24/h4-11H,3H2,1-2H3,(H,23,24)/p-1/b17-11+. The Morgan fingerprint density at radius 2 is 1.93 bits per heavy atom. The number of hydrogen-bond acceptors (Lipinski definition) is 7. The first-order valence-electron chi connectivity index (χ1n) is 8.34. The maximum atomic E-state index is 12.8. The first-order valence-corrected chi connectivity index (χ1v) is 9.57. The molecule has 1 heterocycles. The van der Waals surface area contributed by atoms with Gasteiger partial charge in [-0.3, -0.25) is 9.69 Å². The van der Waals surface area contributed by atoms with E-state index in [1.54, 1.807) is 25.3 Å². The summed E-state index contributed by atoms with van der Waals surface area (Å²) < 4.78 is 11.2. The summed E-state index contributed by atoms with van der Waals surface area (Å²) in [5.41, 5.74) is 1.31. The highest BCUT2D eigenvalue weighted by atomic mass is 32.2. The molecule has 0 bridgehead atoms. The Labute approximate surface area is 171 Å². The van der Waals surface area contributed by atoms with Gasteiger partial charge in [-0.2, -0.15) is 0 Å². The molecule has 0 unspecified atom stereocenters. The van der Waals surface area contributed by atoms with Crippen molar-refractivity contribution >= 4 is 51.9 Å². The second-order valence-corrected chi connectivity index (χ2v) is 7.37. The zero-order chi connectivity index (χ0) is 20.3. The number of thioether (sulfide) groups is 1. The van der Waals surface area contributed by atoms with Crippen LogP contribution in [-0.4, -0.2) is 29.9 Å². The number of hydrogen-bond donors (Lipinski definition) is 0. The summed E-state index contributed by atoms with van der Waals surface area (Å²) in [6, 6.07) is 11.2. The molecule has 6 nitrogen and oxygen atoms in total. The second kappa shape index (κ2) is 8.45. The van der Waals surface area contributed by atoms with Gasteiger partial charge in [-0.25, -0.2) is 0 Å². The molecular formula is C20H16NO5S2-. The number of benzene rings is 2. The maximum absolute atomic E-state index is 12.8.